The lowest BCUT2D eigenvalue weighted by atomic mass is 9.95. The minimum atomic E-state index is -2.42. The quantitative estimate of drug-likeness (QED) is 0.0639. The minimum Gasteiger partial charge on any atom is -0.468 e. The normalized spacial score (nSPS) is 20.5. The maximum atomic E-state index is 17.5. The monoisotopic (exact) mass is 807 g/mol. The number of alkyl halides is 1. The number of rotatable bonds is 11. The van der Waals surface area contributed by atoms with E-state index in [0.717, 1.165) is 31.9 Å². The van der Waals surface area contributed by atoms with Gasteiger partial charge in [-0.15, -0.1) is 5.54 Å². The summed E-state index contributed by atoms with van der Waals surface area (Å²) in [5, 5.41) is 0.814. The van der Waals surface area contributed by atoms with E-state index in [1.807, 2.05) is 4.90 Å². The van der Waals surface area contributed by atoms with Crippen molar-refractivity contribution in [2.24, 2.45) is 0 Å². The van der Waals surface area contributed by atoms with Crippen molar-refractivity contribution < 1.29 is 36.5 Å². The zero-order valence-corrected chi connectivity index (χ0v) is 35.0. The number of anilines is 1. The van der Waals surface area contributed by atoms with Gasteiger partial charge in [-0.05, 0) is 66.0 Å². The van der Waals surface area contributed by atoms with Gasteiger partial charge in [-0.25, -0.2) is 17.6 Å². The van der Waals surface area contributed by atoms with Crippen molar-refractivity contribution >= 4 is 35.6 Å². The molecule has 0 N–H and O–H groups in total. The Balaban J connectivity index is 1.44. The fourth-order valence-electron chi connectivity index (χ4n) is 9.70. The lowest BCUT2D eigenvalue weighted by Gasteiger charge is -2.38. The van der Waals surface area contributed by atoms with Gasteiger partial charge in [0.15, 0.2) is 24.2 Å². The third kappa shape index (κ3) is 7.68. The fraction of sp³-hybridized carbons (Fsp3) is 0.558. The first-order valence-electron chi connectivity index (χ1n) is 20.1. The maximum absolute atomic E-state index is 17.5. The number of aromatic nitrogens is 3. The molecule has 2 aromatic heterocycles. The number of pyridine rings is 1. The van der Waals surface area contributed by atoms with Crippen molar-refractivity contribution in [2.75, 3.05) is 64.8 Å². The molecule has 3 saturated heterocycles. The Hall–Kier alpha value is -4.03. The Kier molecular flexibility index (Phi) is 12.0. The molecule has 7 rings (SSSR count). The van der Waals surface area contributed by atoms with E-state index in [-0.39, 0.29) is 74.9 Å². The van der Waals surface area contributed by atoms with Crippen LogP contribution in [-0.2, 0) is 9.47 Å². The number of hydrogen-bond donors (Lipinski definition) is 0. The highest BCUT2D eigenvalue weighted by atomic mass is 28.3. The molecule has 3 aliphatic heterocycles. The van der Waals surface area contributed by atoms with Crippen molar-refractivity contribution in [3.05, 3.63) is 47.4 Å². The van der Waals surface area contributed by atoms with E-state index in [1.165, 1.54) is 13.3 Å². The zero-order valence-electron chi connectivity index (χ0n) is 34.0. The molecule has 3 aliphatic rings. The Morgan fingerprint density at radius 2 is 1.72 bits per heavy atom. The van der Waals surface area contributed by atoms with E-state index in [4.69, 9.17) is 23.9 Å². The lowest BCUT2D eigenvalue weighted by Crippen LogP contribution is -2.43. The van der Waals surface area contributed by atoms with E-state index in [0.29, 0.717) is 50.5 Å². The maximum Gasteiger partial charge on any atom is 0.319 e. The van der Waals surface area contributed by atoms with Gasteiger partial charge in [0.25, 0.3) is 0 Å². The third-order valence-corrected chi connectivity index (χ3v) is 18.7. The summed E-state index contributed by atoms with van der Waals surface area (Å²) in [5.74, 6) is 0.801. The Bertz CT molecular complexity index is 2170. The first-order chi connectivity index (χ1) is 27.3. The molecule has 0 saturated carbocycles. The van der Waals surface area contributed by atoms with Crippen LogP contribution in [0.4, 0.5) is 23.4 Å². The molecule has 2 atom stereocenters. The van der Waals surface area contributed by atoms with Gasteiger partial charge in [-0.1, -0.05) is 47.5 Å². The molecule has 0 amide bonds. The van der Waals surface area contributed by atoms with Crippen molar-refractivity contribution in [3.63, 3.8) is 0 Å². The zero-order chi connectivity index (χ0) is 40.6. The van der Waals surface area contributed by atoms with E-state index < -0.39 is 37.2 Å². The molecule has 5 heterocycles. The van der Waals surface area contributed by atoms with E-state index >= 15 is 13.2 Å². The van der Waals surface area contributed by atoms with Gasteiger partial charge >= 0.3 is 6.01 Å². The van der Waals surface area contributed by atoms with Crippen LogP contribution in [0.1, 0.15) is 72.8 Å². The first-order valence-corrected chi connectivity index (χ1v) is 22.3. The summed E-state index contributed by atoms with van der Waals surface area (Å²) in [5.41, 5.74) is 3.50. The molecule has 0 radical (unpaired) electrons. The summed E-state index contributed by atoms with van der Waals surface area (Å²) in [6.45, 7) is 16.1. The fourth-order valence-corrected chi connectivity index (χ4v) is 14.9. The minimum absolute atomic E-state index is 0.0405. The smallest absolute Gasteiger partial charge is 0.319 e. The molecule has 4 aromatic rings. The van der Waals surface area contributed by atoms with Crippen molar-refractivity contribution in [1.29, 1.82) is 0 Å². The van der Waals surface area contributed by atoms with Crippen LogP contribution in [0, 0.1) is 28.9 Å². The summed E-state index contributed by atoms with van der Waals surface area (Å²) >= 11 is 0. The third-order valence-electron chi connectivity index (χ3n) is 12.4. The standard InChI is InChI=1S/C43H53F4N5O4Si/c1-26(2)57(27(3)4,28(5)6)17-10-32-36-29(19-35(45)37(32)46)18-31(56-25-53-7)20-33(36)39-38(47)40-34(22-48-39)41(51-12-9-15-54-16-14-51)50-42(49-40)55-24-43-11-8-13-52(43)23-30(44)21-43/h18-20,22,26-28,30H,8-9,11-16,21,23-25H2,1-7H3/t30-,43+/m1/s1. The predicted octanol–water partition coefficient (Wildman–Crippen LogP) is 9.00. The number of halogens is 4. The highest BCUT2D eigenvalue weighted by molar-refractivity contribution is 6.90. The van der Waals surface area contributed by atoms with Crippen LogP contribution in [0.25, 0.3) is 32.9 Å². The average Bonchev–Trinajstić information content (AvgIpc) is 3.55. The second-order valence-electron chi connectivity index (χ2n) is 16.6. The number of fused-ring (bicyclic) bond motifs is 3. The number of methoxy groups -OCH3 is 1. The largest absolute Gasteiger partial charge is 0.468 e. The SMILES string of the molecule is COCOc1cc(-c2ncc3c(N4CCCOCC4)nc(OC[C@@]45CCCN4C[C@H](F)C5)nc3c2F)c2c(C#C[Si](C(C)C)(C(C)C)C(C)C)c(F)c(F)cc2c1. The van der Waals surface area contributed by atoms with Crippen LogP contribution in [-0.4, -0.2) is 99.5 Å². The van der Waals surface area contributed by atoms with Crippen LogP contribution in [0.2, 0.25) is 16.6 Å². The molecule has 3 fully saturated rings. The number of benzene rings is 2. The molecule has 2 aromatic carbocycles. The van der Waals surface area contributed by atoms with Crippen LogP contribution >= 0.6 is 0 Å². The molecular formula is C43H53F4N5O4Si. The molecule has 0 unspecified atom stereocenters. The summed E-state index contributed by atoms with van der Waals surface area (Å²) in [7, 11) is -0.961. The van der Waals surface area contributed by atoms with Crippen LogP contribution in [0.5, 0.6) is 11.8 Å². The second-order valence-corrected chi connectivity index (χ2v) is 22.2. The topological polar surface area (TPSA) is 82.1 Å². The van der Waals surface area contributed by atoms with Crippen molar-refractivity contribution in [2.45, 2.75) is 95.6 Å². The highest BCUT2D eigenvalue weighted by Gasteiger charge is 2.49. The Labute approximate surface area is 333 Å². The molecule has 57 heavy (non-hydrogen) atoms. The van der Waals surface area contributed by atoms with E-state index in [9.17, 15) is 4.39 Å². The molecule has 0 bridgehead atoms. The number of ether oxygens (including phenoxy) is 4. The number of nitrogens with zero attached hydrogens (tertiary/aromatic N) is 5. The Morgan fingerprint density at radius 3 is 2.46 bits per heavy atom. The van der Waals surface area contributed by atoms with Gasteiger partial charge in [0, 0.05) is 56.9 Å². The molecular weight excluding hydrogens is 755 g/mol. The van der Waals surface area contributed by atoms with Crippen molar-refractivity contribution in [3.8, 4) is 34.5 Å². The van der Waals surface area contributed by atoms with Gasteiger partial charge in [0.2, 0.25) is 0 Å². The molecule has 0 spiro atoms. The van der Waals surface area contributed by atoms with Gasteiger partial charge in [0.1, 0.15) is 43.6 Å². The summed E-state index contributed by atoms with van der Waals surface area (Å²) < 4.78 is 86.9. The van der Waals surface area contributed by atoms with Gasteiger partial charge in [-0.2, -0.15) is 9.97 Å². The van der Waals surface area contributed by atoms with Gasteiger partial charge in [0.05, 0.1) is 23.1 Å². The van der Waals surface area contributed by atoms with Crippen LogP contribution in [0.3, 0.4) is 0 Å². The van der Waals surface area contributed by atoms with Gasteiger partial charge < -0.3 is 23.8 Å². The number of hydrogen-bond acceptors (Lipinski definition) is 9. The Morgan fingerprint density at radius 1 is 0.947 bits per heavy atom. The molecule has 306 valence electrons. The lowest BCUT2D eigenvalue weighted by molar-refractivity contribution is 0.0512. The van der Waals surface area contributed by atoms with Crippen LogP contribution in [0.15, 0.2) is 24.4 Å². The summed E-state index contributed by atoms with van der Waals surface area (Å²) in [6, 6.07) is 4.14. The molecule has 9 nitrogen and oxygen atoms in total. The highest BCUT2D eigenvalue weighted by Crippen LogP contribution is 2.44. The predicted molar refractivity (Wildman–Crippen MR) is 217 cm³/mol. The van der Waals surface area contributed by atoms with Gasteiger partial charge in [-0.3, -0.25) is 9.88 Å². The van der Waals surface area contributed by atoms with Crippen molar-refractivity contribution in [1.82, 2.24) is 19.9 Å². The first kappa shape index (κ1) is 41.1. The van der Waals surface area contributed by atoms with Crippen LogP contribution < -0.4 is 14.4 Å². The molecule has 0 aliphatic carbocycles. The molecule has 14 heteroatoms. The summed E-state index contributed by atoms with van der Waals surface area (Å²) in [4.78, 5) is 18.2. The second kappa shape index (κ2) is 16.7. The average molecular weight is 808 g/mol. The van der Waals surface area contributed by atoms with E-state index in [1.54, 1.807) is 12.1 Å². The van der Waals surface area contributed by atoms with E-state index in [2.05, 4.69) is 67.9 Å². The summed E-state index contributed by atoms with van der Waals surface area (Å²) in [6.07, 6.45) is 3.36.